The summed E-state index contributed by atoms with van der Waals surface area (Å²) < 4.78 is 5.16. The number of carbonyl (C=O) groups is 1. The molecule has 0 bridgehead atoms. The standard InChI is InChI=1S/C26H23ClN4O2/c1-33-23-12-2-18(3-13-23)14-16-28-25(32)20-6-10-22(11-7-20)30-26-29-17-15-24(31-26)19-4-8-21(27)9-5-19/h2-13,15,17H,14,16H2,1H3,(H,28,32)(H,29,30,31). The number of carbonyl (C=O) groups excluding carboxylic acids is 1. The molecule has 3 aromatic carbocycles. The summed E-state index contributed by atoms with van der Waals surface area (Å²) >= 11 is 5.96. The van der Waals surface area contributed by atoms with Gasteiger partial charge in [0, 0.05) is 34.6 Å². The number of methoxy groups -OCH3 is 1. The van der Waals surface area contributed by atoms with Crippen LogP contribution in [-0.4, -0.2) is 29.5 Å². The molecule has 166 valence electrons. The Kier molecular flexibility index (Phi) is 7.17. The Hall–Kier alpha value is -3.90. The van der Waals surface area contributed by atoms with Crippen LogP contribution in [0.5, 0.6) is 5.75 Å². The molecule has 0 aliphatic heterocycles. The highest BCUT2D eigenvalue weighted by atomic mass is 35.5. The molecule has 0 unspecified atom stereocenters. The van der Waals surface area contributed by atoms with E-state index in [1.54, 1.807) is 25.4 Å². The van der Waals surface area contributed by atoms with Crippen LogP contribution in [0.3, 0.4) is 0 Å². The molecule has 6 nitrogen and oxygen atoms in total. The Morgan fingerprint density at radius 2 is 1.67 bits per heavy atom. The average molecular weight is 459 g/mol. The van der Waals surface area contributed by atoms with Crippen LogP contribution in [0.25, 0.3) is 11.3 Å². The number of rotatable bonds is 8. The lowest BCUT2D eigenvalue weighted by Gasteiger charge is -2.09. The van der Waals surface area contributed by atoms with E-state index in [2.05, 4.69) is 20.6 Å². The van der Waals surface area contributed by atoms with Gasteiger partial charge in [0.05, 0.1) is 12.8 Å². The van der Waals surface area contributed by atoms with Crippen LogP contribution in [0.15, 0.2) is 85.1 Å². The molecular formula is C26H23ClN4O2. The van der Waals surface area contributed by atoms with Gasteiger partial charge in [-0.1, -0.05) is 35.9 Å². The van der Waals surface area contributed by atoms with E-state index in [0.29, 0.717) is 23.1 Å². The lowest BCUT2D eigenvalue weighted by atomic mass is 10.1. The first-order chi connectivity index (χ1) is 16.1. The second-order valence-electron chi connectivity index (χ2n) is 7.33. The highest BCUT2D eigenvalue weighted by molar-refractivity contribution is 6.30. The molecule has 0 spiro atoms. The van der Waals surface area contributed by atoms with Crippen molar-refractivity contribution in [3.05, 3.63) is 101 Å². The van der Waals surface area contributed by atoms with Crippen molar-refractivity contribution in [2.45, 2.75) is 6.42 Å². The molecule has 0 atom stereocenters. The lowest BCUT2D eigenvalue weighted by Crippen LogP contribution is -2.25. The van der Waals surface area contributed by atoms with Gasteiger partial charge in [-0.2, -0.15) is 0 Å². The predicted molar refractivity (Wildman–Crippen MR) is 131 cm³/mol. The third-order valence-electron chi connectivity index (χ3n) is 5.06. The zero-order valence-corrected chi connectivity index (χ0v) is 18.8. The maximum atomic E-state index is 12.4. The normalized spacial score (nSPS) is 10.5. The second kappa shape index (κ2) is 10.6. The van der Waals surface area contributed by atoms with E-state index >= 15 is 0 Å². The van der Waals surface area contributed by atoms with Crippen molar-refractivity contribution in [3.63, 3.8) is 0 Å². The van der Waals surface area contributed by atoms with Crippen molar-refractivity contribution in [1.29, 1.82) is 0 Å². The number of halogens is 1. The molecule has 4 rings (SSSR count). The zero-order valence-electron chi connectivity index (χ0n) is 18.1. The van der Waals surface area contributed by atoms with E-state index in [-0.39, 0.29) is 5.91 Å². The highest BCUT2D eigenvalue weighted by Crippen LogP contribution is 2.21. The van der Waals surface area contributed by atoms with Crippen molar-refractivity contribution in [3.8, 4) is 17.0 Å². The van der Waals surface area contributed by atoms with Gasteiger partial charge in [0.15, 0.2) is 0 Å². The minimum atomic E-state index is -0.115. The van der Waals surface area contributed by atoms with Crippen LogP contribution < -0.4 is 15.4 Å². The largest absolute Gasteiger partial charge is 0.497 e. The zero-order chi connectivity index (χ0) is 23.0. The number of amides is 1. The van der Waals surface area contributed by atoms with Crippen LogP contribution in [0, 0.1) is 0 Å². The summed E-state index contributed by atoms with van der Waals surface area (Å²) in [6, 6.07) is 24.3. The second-order valence-corrected chi connectivity index (χ2v) is 7.77. The number of aromatic nitrogens is 2. The number of anilines is 2. The molecule has 1 amide bonds. The van der Waals surface area contributed by atoms with Crippen LogP contribution in [0.4, 0.5) is 11.6 Å². The fraction of sp³-hybridized carbons (Fsp3) is 0.115. The lowest BCUT2D eigenvalue weighted by molar-refractivity contribution is 0.0954. The molecule has 1 heterocycles. The molecule has 1 aromatic heterocycles. The number of benzene rings is 3. The van der Waals surface area contributed by atoms with E-state index in [1.807, 2.05) is 66.7 Å². The monoisotopic (exact) mass is 458 g/mol. The Labute approximate surface area is 197 Å². The summed E-state index contributed by atoms with van der Waals surface area (Å²) in [5, 5.41) is 6.80. The smallest absolute Gasteiger partial charge is 0.251 e. The SMILES string of the molecule is COc1ccc(CCNC(=O)c2ccc(Nc3nccc(-c4ccc(Cl)cc4)n3)cc2)cc1. The maximum absolute atomic E-state index is 12.4. The van der Waals surface area contributed by atoms with Gasteiger partial charge < -0.3 is 15.4 Å². The first-order valence-electron chi connectivity index (χ1n) is 10.5. The molecule has 2 N–H and O–H groups in total. The minimum Gasteiger partial charge on any atom is -0.497 e. The third kappa shape index (κ3) is 6.08. The molecule has 0 aliphatic carbocycles. The van der Waals surface area contributed by atoms with Crippen molar-refractivity contribution in [2.24, 2.45) is 0 Å². The average Bonchev–Trinajstić information content (AvgIpc) is 2.85. The predicted octanol–water partition coefficient (Wildman–Crippen LogP) is 5.52. The van der Waals surface area contributed by atoms with Gasteiger partial charge in [-0.25, -0.2) is 9.97 Å². The number of hydrogen-bond acceptors (Lipinski definition) is 5. The summed E-state index contributed by atoms with van der Waals surface area (Å²) in [5.74, 6) is 1.17. The van der Waals surface area contributed by atoms with E-state index < -0.39 is 0 Å². The van der Waals surface area contributed by atoms with Crippen molar-refractivity contribution < 1.29 is 9.53 Å². The maximum Gasteiger partial charge on any atom is 0.251 e. The number of ether oxygens (including phenoxy) is 1. The molecule has 0 saturated heterocycles. The number of nitrogens with zero attached hydrogens (tertiary/aromatic N) is 2. The summed E-state index contributed by atoms with van der Waals surface area (Å²) in [6.45, 7) is 0.552. The fourth-order valence-electron chi connectivity index (χ4n) is 3.25. The molecule has 0 fully saturated rings. The molecule has 4 aromatic rings. The highest BCUT2D eigenvalue weighted by Gasteiger charge is 2.07. The van der Waals surface area contributed by atoms with Gasteiger partial charge in [0.1, 0.15) is 5.75 Å². The van der Waals surface area contributed by atoms with Gasteiger partial charge in [-0.15, -0.1) is 0 Å². The van der Waals surface area contributed by atoms with Gasteiger partial charge >= 0.3 is 0 Å². The molecule has 7 heteroatoms. The Morgan fingerprint density at radius 1 is 0.939 bits per heavy atom. The van der Waals surface area contributed by atoms with Crippen LogP contribution in [-0.2, 0) is 6.42 Å². The van der Waals surface area contributed by atoms with Gasteiger partial charge in [0.25, 0.3) is 5.91 Å². The molecule has 0 radical (unpaired) electrons. The molecule has 0 saturated carbocycles. The molecule has 0 aliphatic rings. The summed E-state index contributed by atoms with van der Waals surface area (Å²) in [5.41, 5.74) is 4.25. The topological polar surface area (TPSA) is 76.1 Å². The minimum absolute atomic E-state index is 0.115. The summed E-state index contributed by atoms with van der Waals surface area (Å²) in [4.78, 5) is 21.3. The Balaban J connectivity index is 1.32. The first kappa shape index (κ1) is 22.3. The Morgan fingerprint density at radius 3 is 2.36 bits per heavy atom. The number of hydrogen-bond donors (Lipinski definition) is 2. The first-order valence-corrected chi connectivity index (χ1v) is 10.9. The van der Waals surface area contributed by atoms with E-state index in [1.165, 1.54) is 0 Å². The van der Waals surface area contributed by atoms with Gasteiger partial charge in [0.2, 0.25) is 5.95 Å². The molecule has 33 heavy (non-hydrogen) atoms. The van der Waals surface area contributed by atoms with E-state index in [0.717, 1.165) is 34.7 Å². The van der Waals surface area contributed by atoms with Crippen LogP contribution >= 0.6 is 11.6 Å². The molecular weight excluding hydrogens is 436 g/mol. The van der Waals surface area contributed by atoms with E-state index in [4.69, 9.17) is 16.3 Å². The van der Waals surface area contributed by atoms with Gasteiger partial charge in [-0.3, -0.25) is 4.79 Å². The van der Waals surface area contributed by atoms with Crippen molar-refractivity contribution >= 4 is 29.1 Å². The quantitative estimate of drug-likeness (QED) is 0.363. The van der Waals surface area contributed by atoms with Crippen LogP contribution in [0.2, 0.25) is 5.02 Å². The van der Waals surface area contributed by atoms with Crippen LogP contribution in [0.1, 0.15) is 15.9 Å². The number of nitrogens with one attached hydrogen (secondary N) is 2. The van der Waals surface area contributed by atoms with Crippen molar-refractivity contribution in [2.75, 3.05) is 19.0 Å². The Bertz CT molecular complexity index is 1210. The summed E-state index contributed by atoms with van der Waals surface area (Å²) in [6.07, 6.45) is 2.45. The third-order valence-corrected chi connectivity index (χ3v) is 5.31. The summed E-state index contributed by atoms with van der Waals surface area (Å²) in [7, 11) is 1.64. The van der Waals surface area contributed by atoms with Gasteiger partial charge in [-0.05, 0) is 66.6 Å². The van der Waals surface area contributed by atoms with E-state index in [9.17, 15) is 4.79 Å². The fourth-order valence-corrected chi connectivity index (χ4v) is 3.38. The van der Waals surface area contributed by atoms with Crippen molar-refractivity contribution in [1.82, 2.24) is 15.3 Å².